The second-order valence-corrected chi connectivity index (χ2v) is 6.09. The number of fused-ring (bicyclic) bond motifs is 1. The number of imidazole rings is 1. The first-order valence-corrected chi connectivity index (χ1v) is 8.50. The van der Waals surface area contributed by atoms with Crippen molar-refractivity contribution >= 4 is 17.4 Å². The van der Waals surface area contributed by atoms with Crippen molar-refractivity contribution in [2.75, 3.05) is 26.2 Å². The van der Waals surface area contributed by atoms with Crippen LogP contribution in [0.3, 0.4) is 0 Å². The van der Waals surface area contributed by atoms with Gasteiger partial charge in [-0.15, -0.1) is 0 Å². The molecule has 0 saturated carbocycles. The van der Waals surface area contributed by atoms with Crippen LogP contribution in [0.1, 0.15) is 18.2 Å². The van der Waals surface area contributed by atoms with Gasteiger partial charge in [0, 0.05) is 13.1 Å². The van der Waals surface area contributed by atoms with Crippen LogP contribution in [0.2, 0.25) is 0 Å². The van der Waals surface area contributed by atoms with Crippen LogP contribution in [0.25, 0.3) is 5.65 Å². The van der Waals surface area contributed by atoms with Gasteiger partial charge in [0.15, 0.2) is 11.5 Å². The van der Waals surface area contributed by atoms with Gasteiger partial charge in [-0.05, 0) is 36.8 Å². The number of methoxy groups -OCH3 is 3. The van der Waals surface area contributed by atoms with Gasteiger partial charge in [0.2, 0.25) is 11.7 Å². The number of anilines is 1. The van der Waals surface area contributed by atoms with Crippen LogP contribution in [-0.4, -0.2) is 36.6 Å². The van der Waals surface area contributed by atoms with Crippen molar-refractivity contribution in [2.45, 2.75) is 20.4 Å². The van der Waals surface area contributed by atoms with Gasteiger partial charge in [0.05, 0.1) is 33.6 Å². The number of benzene rings is 1. The third kappa shape index (κ3) is 3.40. The summed E-state index contributed by atoms with van der Waals surface area (Å²) < 4.78 is 18.1. The lowest BCUT2D eigenvalue weighted by Crippen LogP contribution is -2.29. The molecule has 3 rings (SSSR count). The van der Waals surface area contributed by atoms with E-state index in [9.17, 15) is 4.79 Å². The molecule has 0 aliphatic rings. The summed E-state index contributed by atoms with van der Waals surface area (Å²) in [6.45, 7) is 3.78. The maximum Gasteiger partial charge on any atom is 0.225 e. The Morgan fingerprint density at radius 2 is 1.78 bits per heavy atom. The number of hydrogen-bond donors (Lipinski definition) is 0. The maximum atomic E-state index is 12.5. The molecule has 0 aliphatic heterocycles. The SMILES string of the molecule is COc1cc(CN(C(C)=O)c2c(C)nc3ccccn23)cc(OC)c1OC. The van der Waals surface area contributed by atoms with E-state index in [1.165, 1.54) is 0 Å². The van der Waals surface area contributed by atoms with Gasteiger partial charge >= 0.3 is 0 Å². The Bertz CT molecular complexity index is 956. The topological polar surface area (TPSA) is 65.3 Å². The normalized spacial score (nSPS) is 10.7. The van der Waals surface area contributed by atoms with Crippen molar-refractivity contribution in [2.24, 2.45) is 0 Å². The van der Waals surface area contributed by atoms with Gasteiger partial charge in [0.1, 0.15) is 11.5 Å². The fraction of sp³-hybridized carbons (Fsp3) is 0.300. The zero-order chi connectivity index (χ0) is 19.6. The smallest absolute Gasteiger partial charge is 0.225 e. The van der Waals surface area contributed by atoms with Gasteiger partial charge in [-0.1, -0.05) is 6.07 Å². The Labute approximate surface area is 158 Å². The molecule has 0 N–H and O–H groups in total. The standard InChI is InChI=1S/C20H23N3O4/c1-13-20(22-9-7-6-8-18(22)21-13)23(14(2)24)12-15-10-16(25-3)19(27-5)17(11-15)26-4/h6-11H,12H2,1-5H3. The monoisotopic (exact) mass is 369 g/mol. The number of hydrogen-bond acceptors (Lipinski definition) is 5. The average molecular weight is 369 g/mol. The van der Waals surface area contributed by atoms with E-state index in [4.69, 9.17) is 14.2 Å². The number of pyridine rings is 1. The zero-order valence-corrected chi connectivity index (χ0v) is 16.1. The Kier molecular flexibility index (Phi) is 5.21. The van der Waals surface area contributed by atoms with Gasteiger partial charge in [0.25, 0.3) is 0 Å². The second kappa shape index (κ2) is 7.57. The highest BCUT2D eigenvalue weighted by Crippen LogP contribution is 2.39. The number of carbonyl (C=O) groups excluding carboxylic acids is 1. The number of ether oxygens (including phenoxy) is 3. The Morgan fingerprint density at radius 3 is 2.33 bits per heavy atom. The van der Waals surface area contributed by atoms with Gasteiger partial charge in [-0.25, -0.2) is 4.98 Å². The minimum atomic E-state index is -0.0856. The van der Waals surface area contributed by atoms with Crippen molar-refractivity contribution in [3.8, 4) is 17.2 Å². The predicted octanol–water partition coefficient (Wildman–Crippen LogP) is 3.22. The van der Waals surface area contributed by atoms with E-state index in [2.05, 4.69) is 4.98 Å². The van der Waals surface area contributed by atoms with Crippen molar-refractivity contribution in [3.63, 3.8) is 0 Å². The first-order valence-electron chi connectivity index (χ1n) is 8.50. The summed E-state index contributed by atoms with van der Waals surface area (Å²) in [5.74, 6) is 2.27. The Hall–Kier alpha value is -3.22. The lowest BCUT2D eigenvalue weighted by atomic mass is 10.1. The molecule has 7 heteroatoms. The molecule has 0 spiro atoms. The Balaban J connectivity index is 2.08. The number of rotatable bonds is 6. The number of amides is 1. The largest absolute Gasteiger partial charge is 0.493 e. The molecule has 0 saturated heterocycles. The highest BCUT2D eigenvalue weighted by atomic mass is 16.5. The van der Waals surface area contributed by atoms with E-state index in [0.717, 1.165) is 22.7 Å². The molecule has 0 unspecified atom stereocenters. The van der Waals surface area contributed by atoms with Gasteiger partial charge in [-0.3, -0.25) is 14.1 Å². The van der Waals surface area contributed by atoms with E-state index in [1.807, 2.05) is 47.9 Å². The first kappa shape index (κ1) is 18.6. The molecular weight excluding hydrogens is 346 g/mol. The van der Waals surface area contributed by atoms with Crippen LogP contribution < -0.4 is 19.1 Å². The van der Waals surface area contributed by atoms with Crippen molar-refractivity contribution in [1.82, 2.24) is 9.38 Å². The predicted molar refractivity (Wildman–Crippen MR) is 103 cm³/mol. The fourth-order valence-electron chi connectivity index (χ4n) is 3.17. The molecule has 0 aliphatic carbocycles. The van der Waals surface area contributed by atoms with Crippen LogP contribution in [0, 0.1) is 6.92 Å². The molecule has 0 bridgehead atoms. The van der Waals surface area contributed by atoms with Crippen molar-refractivity contribution in [3.05, 3.63) is 47.8 Å². The van der Waals surface area contributed by atoms with Crippen LogP contribution in [0.15, 0.2) is 36.5 Å². The van der Waals surface area contributed by atoms with E-state index >= 15 is 0 Å². The lowest BCUT2D eigenvalue weighted by molar-refractivity contribution is -0.116. The molecule has 0 atom stereocenters. The number of aryl methyl sites for hydroxylation is 1. The third-order valence-corrected chi connectivity index (χ3v) is 4.37. The summed E-state index contributed by atoms with van der Waals surface area (Å²) in [6.07, 6.45) is 1.90. The molecular formula is C20H23N3O4. The average Bonchev–Trinajstić information content (AvgIpc) is 3.00. The summed E-state index contributed by atoms with van der Waals surface area (Å²) in [5.41, 5.74) is 2.43. The molecule has 7 nitrogen and oxygen atoms in total. The summed E-state index contributed by atoms with van der Waals surface area (Å²) in [7, 11) is 4.70. The molecule has 27 heavy (non-hydrogen) atoms. The van der Waals surface area contributed by atoms with E-state index in [0.29, 0.717) is 23.8 Å². The lowest BCUT2D eigenvalue weighted by Gasteiger charge is -2.23. The van der Waals surface area contributed by atoms with Crippen LogP contribution >= 0.6 is 0 Å². The fourth-order valence-corrected chi connectivity index (χ4v) is 3.17. The maximum absolute atomic E-state index is 12.5. The molecule has 0 radical (unpaired) electrons. The number of carbonyl (C=O) groups is 1. The van der Waals surface area contributed by atoms with E-state index in [1.54, 1.807) is 33.2 Å². The molecule has 2 aromatic heterocycles. The molecule has 3 aromatic rings. The highest BCUT2D eigenvalue weighted by Gasteiger charge is 2.22. The molecule has 142 valence electrons. The van der Waals surface area contributed by atoms with Crippen LogP contribution in [0.5, 0.6) is 17.2 Å². The van der Waals surface area contributed by atoms with Crippen LogP contribution in [0.4, 0.5) is 5.82 Å². The third-order valence-electron chi connectivity index (χ3n) is 4.37. The number of nitrogens with zero attached hydrogens (tertiary/aromatic N) is 3. The molecule has 2 heterocycles. The minimum absolute atomic E-state index is 0.0856. The zero-order valence-electron chi connectivity index (χ0n) is 16.1. The summed E-state index contributed by atoms with van der Waals surface area (Å²) >= 11 is 0. The molecule has 0 fully saturated rings. The van der Waals surface area contributed by atoms with Crippen molar-refractivity contribution < 1.29 is 19.0 Å². The second-order valence-electron chi connectivity index (χ2n) is 6.09. The summed E-state index contributed by atoms with van der Waals surface area (Å²) in [4.78, 5) is 18.7. The van der Waals surface area contributed by atoms with Crippen LogP contribution in [-0.2, 0) is 11.3 Å². The summed E-state index contributed by atoms with van der Waals surface area (Å²) in [6, 6.07) is 9.43. The van der Waals surface area contributed by atoms with E-state index in [-0.39, 0.29) is 5.91 Å². The Morgan fingerprint density at radius 1 is 1.11 bits per heavy atom. The highest BCUT2D eigenvalue weighted by molar-refractivity contribution is 5.91. The van der Waals surface area contributed by atoms with Crippen molar-refractivity contribution in [1.29, 1.82) is 0 Å². The minimum Gasteiger partial charge on any atom is -0.493 e. The van der Waals surface area contributed by atoms with Gasteiger partial charge in [-0.2, -0.15) is 0 Å². The van der Waals surface area contributed by atoms with E-state index < -0.39 is 0 Å². The quantitative estimate of drug-likeness (QED) is 0.667. The summed E-state index contributed by atoms with van der Waals surface area (Å²) in [5, 5.41) is 0. The first-order chi connectivity index (χ1) is 13.0. The van der Waals surface area contributed by atoms with Gasteiger partial charge < -0.3 is 14.2 Å². The molecule has 1 aromatic carbocycles. The number of aromatic nitrogens is 2. The molecule has 1 amide bonds.